The highest BCUT2D eigenvalue weighted by Gasteiger charge is 2.02. The average Bonchev–Trinajstić information content (AvgIpc) is 2.03. The lowest BCUT2D eigenvalue weighted by atomic mass is 10.1. The van der Waals surface area contributed by atoms with E-state index >= 15 is 0 Å². The molecule has 11 heavy (non-hydrogen) atoms. The van der Waals surface area contributed by atoms with Gasteiger partial charge in [-0.3, -0.25) is 0 Å². The fourth-order valence-electron chi connectivity index (χ4n) is 0.826. The molecule has 60 valence electrons. The molecule has 3 heteroatoms. The van der Waals surface area contributed by atoms with Crippen molar-refractivity contribution < 1.29 is 0 Å². The Morgan fingerprint density at radius 2 is 2.18 bits per heavy atom. The Morgan fingerprint density at radius 3 is 2.73 bits per heavy atom. The van der Waals surface area contributed by atoms with Crippen LogP contribution in [0.1, 0.15) is 11.6 Å². The predicted octanol–water partition coefficient (Wildman–Crippen LogP) is 2.58. The van der Waals surface area contributed by atoms with E-state index in [0.29, 0.717) is 10.9 Å². The van der Waals surface area contributed by atoms with Crippen molar-refractivity contribution in [3.63, 3.8) is 0 Å². The van der Waals surface area contributed by atoms with Gasteiger partial charge in [-0.15, -0.1) is 11.6 Å². The van der Waals surface area contributed by atoms with Crippen molar-refractivity contribution in [2.75, 3.05) is 5.88 Å². The molecule has 0 aliphatic carbocycles. The van der Waals surface area contributed by atoms with E-state index in [9.17, 15) is 0 Å². The number of alkyl halides is 1. The van der Waals surface area contributed by atoms with Gasteiger partial charge in [0.25, 0.3) is 0 Å². The minimum absolute atomic E-state index is 0.115. The van der Waals surface area contributed by atoms with E-state index < -0.39 is 0 Å². The van der Waals surface area contributed by atoms with Crippen molar-refractivity contribution in [1.82, 2.24) is 0 Å². The minimum atomic E-state index is -0.115. The smallest absolute Gasteiger partial charge is 0.0432 e. The van der Waals surface area contributed by atoms with Gasteiger partial charge in [-0.1, -0.05) is 23.7 Å². The highest BCUT2D eigenvalue weighted by molar-refractivity contribution is 6.30. The Balaban J connectivity index is 2.86. The number of halogens is 2. The van der Waals surface area contributed by atoms with Crippen molar-refractivity contribution in [2.24, 2.45) is 5.73 Å². The summed E-state index contributed by atoms with van der Waals surface area (Å²) in [5.74, 6) is 0.417. The van der Waals surface area contributed by atoms with Gasteiger partial charge in [-0.2, -0.15) is 0 Å². The lowest BCUT2D eigenvalue weighted by Crippen LogP contribution is -2.11. The van der Waals surface area contributed by atoms with Gasteiger partial charge in [0, 0.05) is 16.9 Å². The molecule has 0 aliphatic heterocycles. The highest BCUT2D eigenvalue weighted by atomic mass is 35.5. The lowest BCUT2D eigenvalue weighted by Gasteiger charge is -2.07. The molecule has 1 aromatic rings. The molecule has 0 radical (unpaired) electrons. The van der Waals surface area contributed by atoms with E-state index in [0.717, 1.165) is 5.56 Å². The van der Waals surface area contributed by atoms with Crippen LogP contribution in [0.2, 0.25) is 5.02 Å². The average molecular weight is 190 g/mol. The number of hydrogen-bond acceptors (Lipinski definition) is 1. The van der Waals surface area contributed by atoms with Crippen LogP contribution in [-0.2, 0) is 0 Å². The molecule has 0 aromatic heterocycles. The maximum Gasteiger partial charge on any atom is 0.0432 e. The fraction of sp³-hybridized carbons (Fsp3) is 0.250. The summed E-state index contributed by atoms with van der Waals surface area (Å²) in [5, 5.41) is 0.697. The molecular formula is C8H9Cl2N. The van der Waals surface area contributed by atoms with Gasteiger partial charge in [0.1, 0.15) is 0 Å². The third kappa shape index (κ3) is 2.37. The minimum Gasteiger partial charge on any atom is -0.323 e. The van der Waals surface area contributed by atoms with Crippen LogP contribution in [0.3, 0.4) is 0 Å². The summed E-state index contributed by atoms with van der Waals surface area (Å²) in [6.45, 7) is 0. The second-order valence-electron chi connectivity index (χ2n) is 2.32. The van der Waals surface area contributed by atoms with Crippen LogP contribution in [0.15, 0.2) is 24.3 Å². The Morgan fingerprint density at radius 1 is 1.45 bits per heavy atom. The Kier molecular flexibility index (Phi) is 3.18. The van der Waals surface area contributed by atoms with Crippen LogP contribution in [0.5, 0.6) is 0 Å². The van der Waals surface area contributed by atoms with E-state index in [-0.39, 0.29) is 6.04 Å². The predicted molar refractivity (Wildman–Crippen MR) is 49.1 cm³/mol. The zero-order valence-electron chi connectivity index (χ0n) is 5.93. The van der Waals surface area contributed by atoms with Crippen LogP contribution in [0.4, 0.5) is 0 Å². The summed E-state index contributed by atoms with van der Waals surface area (Å²) in [5.41, 5.74) is 6.65. The first-order valence-electron chi connectivity index (χ1n) is 3.31. The molecule has 1 nitrogen and oxygen atoms in total. The molecule has 0 heterocycles. The molecule has 0 amide bonds. The van der Waals surface area contributed by atoms with Crippen molar-refractivity contribution >= 4 is 23.2 Å². The second kappa shape index (κ2) is 3.96. The molecule has 0 spiro atoms. The zero-order chi connectivity index (χ0) is 8.27. The number of hydrogen-bond donors (Lipinski definition) is 1. The molecule has 0 fully saturated rings. The van der Waals surface area contributed by atoms with Gasteiger partial charge >= 0.3 is 0 Å². The van der Waals surface area contributed by atoms with E-state index in [4.69, 9.17) is 28.9 Å². The van der Waals surface area contributed by atoms with Gasteiger partial charge in [0.05, 0.1) is 0 Å². The Hall–Kier alpha value is -0.240. The van der Waals surface area contributed by atoms with E-state index in [1.165, 1.54) is 0 Å². The molecule has 0 aliphatic rings. The quantitative estimate of drug-likeness (QED) is 0.712. The molecule has 0 bridgehead atoms. The number of benzene rings is 1. The third-order valence-corrected chi connectivity index (χ3v) is 2.01. The Labute approximate surface area is 76.1 Å². The van der Waals surface area contributed by atoms with Crippen molar-refractivity contribution in [1.29, 1.82) is 0 Å². The first-order chi connectivity index (χ1) is 5.24. The van der Waals surface area contributed by atoms with Crippen LogP contribution in [0, 0.1) is 0 Å². The van der Waals surface area contributed by atoms with Crippen LogP contribution >= 0.6 is 23.2 Å². The van der Waals surface area contributed by atoms with Crippen LogP contribution in [0.25, 0.3) is 0 Å². The van der Waals surface area contributed by atoms with Gasteiger partial charge in [-0.05, 0) is 17.7 Å². The van der Waals surface area contributed by atoms with Crippen molar-refractivity contribution in [3.8, 4) is 0 Å². The second-order valence-corrected chi connectivity index (χ2v) is 3.06. The standard InChI is InChI=1S/C8H9Cl2N/c9-5-8(11)6-2-1-3-7(10)4-6/h1-4,8H,5,11H2/t8-/m1/s1. The van der Waals surface area contributed by atoms with Gasteiger partial charge < -0.3 is 5.73 Å². The molecular weight excluding hydrogens is 181 g/mol. The largest absolute Gasteiger partial charge is 0.323 e. The van der Waals surface area contributed by atoms with E-state index in [1.54, 1.807) is 0 Å². The van der Waals surface area contributed by atoms with Gasteiger partial charge in [0.15, 0.2) is 0 Å². The van der Waals surface area contributed by atoms with Crippen molar-refractivity contribution in [3.05, 3.63) is 34.9 Å². The van der Waals surface area contributed by atoms with Gasteiger partial charge in [0.2, 0.25) is 0 Å². The fourth-order valence-corrected chi connectivity index (χ4v) is 1.20. The monoisotopic (exact) mass is 189 g/mol. The molecule has 1 rings (SSSR count). The highest BCUT2D eigenvalue weighted by Crippen LogP contribution is 2.16. The zero-order valence-corrected chi connectivity index (χ0v) is 7.44. The van der Waals surface area contributed by atoms with E-state index in [2.05, 4.69) is 0 Å². The number of rotatable bonds is 2. The topological polar surface area (TPSA) is 26.0 Å². The number of nitrogens with two attached hydrogens (primary N) is 1. The summed E-state index contributed by atoms with van der Waals surface area (Å²) in [4.78, 5) is 0. The first-order valence-corrected chi connectivity index (χ1v) is 4.22. The molecule has 2 N–H and O–H groups in total. The lowest BCUT2D eigenvalue weighted by molar-refractivity contribution is 0.826. The van der Waals surface area contributed by atoms with Gasteiger partial charge in [-0.25, -0.2) is 0 Å². The summed E-state index contributed by atoms with van der Waals surface area (Å²) in [6, 6.07) is 7.30. The van der Waals surface area contributed by atoms with Crippen LogP contribution in [-0.4, -0.2) is 5.88 Å². The summed E-state index contributed by atoms with van der Waals surface area (Å²) < 4.78 is 0. The molecule has 1 atom stereocenters. The SMILES string of the molecule is N[C@H](CCl)c1cccc(Cl)c1. The molecule has 0 saturated heterocycles. The Bertz CT molecular complexity index is 237. The molecule has 1 aromatic carbocycles. The third-order valence-electron chi connectivity index (χ3n) is 1.44. The maximum absolute atomic E-state index is 5.75. The van der Waals surface area contributed by atoms with Crippen LogP contribution < -0.4 is 5.73 Å². The summed E-state index contributed by atoms with van der Waals surface area (Å²) in [6.07, 6.45) is 0. The van der Waals surface area contributed by atoms with E-state index in [1.807, 2.05) is 24.3 Å². The summed E-state index contributed by atoms with van der Waals surface area (Å²) >= 11 is 11.3. The first kappa shape index (κ1) is 8.85. The summed E-state index contributed by atoms with van der Waals surface area (Å²) in [7, 11) is 0. The normalized spacial score (nSPS) is 13.0. The molecule has 0 unspecified atom stereocenters. The maximum atomic E-state index is 5.75. The molecule has 0 saturated carbocycles. The van der Waals surface area contributed by atoms with Crippen molar-refractivity contribution in [2.45, 2.75) is 6.04 Å².